The van der Waals surface area contributed by atoms with Crippen molar-refractivity contribution in [3.63, 3.8) is 0 Å². The van der Waals surface area contributed by atoms with Crippen LogP contribution in [0.4, 0.5) is 0 Å². The summed E-state index contributed by atoms with van der Waals surface area (Å²) in [4.78, 5) is 14.8. The number of allylic oxidation sites excluding steroid dienone is 1. The lowest BCUT2D eigenvalue weighted by molar-refractivity contribution is -0.156. The van der Waals surface area contributed by atoms with Crippen molar-refractivity contribution < 1.29 is 22.5 Å². The first kappa shape index (κ1) is 18.8. The van der Waals surface area contributed by atoms with E-state index in [0.29, 0.717) is 6.54 Å². The van der Waals surface area contributed by atoms with Gasteiger partial charge in [-0.25, -0.2) is 0 Å². The Kier molecular flexibility index (Phi) is 5.32. The normalized spacial score (nSPS) is 26.1. The standard InChI is InChI=1S/C19H23NO5S/c1-19(18(21)25-14-15-6-3-2-4-7-15)9-8-17(26(22,23)24)12-16(19)13-20-10-5-11-20/h2-4,6-9,12,16H,5,10-11,13-14H2,1H3,(H,22,23,24)/t16-,19?/m0/s1. The van der Waals surface area contributed by atoms with E-state index in [1.807, 2.05) is 30.3 Å². The lowest BCUT2D eigenvalue weighted by Gasteiger charge is -2.40. The highest BCUT2D eigenvalue weighted by molar-refractivity contribution is 7.90. The van der Waals surface area contributed by atoms with Gasteiger partial charge in [0.15, 0.2) is 0 Å². The van der Waals surface area contributed by atoms with Crippen molar-refractivity contribution >= 4 is 16.1 Å². The van der Waals surface area contributed by atoms with Crippen LogP contribution in [0.25, 0.3) is 0 Å². The molecule has 0 amide bonds. The van der Waals surface area contributed by atoms with Crippen molar-refractivity contribution in [2.75, 3.05) is 19.6 Å². The minimum atomic E-state index is -4.31. The fourth-order valence-corrected chi connectivity index (χ4v) is 3.74. The second-order valence-corrected chi connectivity index (χ2v) is 8.40. The molecule has 0 aromatic heterocycles. The Morgan fingerprint density at radius 2 is 2.00 bits per heavy atom. The van der Waals surface area contributed by atoms with E-state index >= 15 is 0 Å². The predicted octanol–water partition coefficient (Wildman–Crippen LogP) is 2.40. The molecule has 0 saturated carbocycles. The van der Waals surface area contributed by atoms with E-state index < -0.39 is 27.4 Å². The minimum absolute atomic E-state index is 0.161. The van der Waals surface area contributed by atoms with Gasteiger partial charge >= 0.3 is 5.97 Å². The predicted molar refractivity (Wildman–Crippen MR) is 97.7 cm³/mol. The molecule has 3 rings (SSSR count). The van der Waals surface area contributed by atoms with Gasteiger partial charge in [0.1, 0.15) is 6.61 Å². The molecule has 140 valence electrons. The van der Waals surface area contributed by atoms with Crippen LogP contribution >= 0.6 is 0 Å². The van der Waals surface area contributed by atoms with Crippen LogP contribution < -0.4 is 0 Å². The molecule has 1 heterocycles. The van der Waals surface area contributed by atoms with Gasteiger partial charge in [0, 0.05) is 12.5 Å². The average Bonchev–Trinajstić information content (AvgIpc) is 2.57. The second-order valence-electron chi connectivity index (χ2n) is 6.98. The molecule has 1 saturated heterocycles. The molecule has 1 aliphatic carbocycles. The van der Waals surface area contributed by atoms with Gasteiger partial charge in [0.2, 0.25) is 0 Å². The van der Waals surface area contributed by atoms with Crippen molar-refractivity contribution in [3.8, 4) is 0 Å². The molecule has 0 radical (unpaired) electrons. The highest BCUT2D eigenvalue weighted by atomic mass is 32.2. The number of hydrogen-bond acceptors (Lipinski definition) is 5. The molecule has 1 aliphatic heterocycles. The minimum Gasteiger partial charge on any atom is -0.460 e. The summed E-state index contributed by atoms with van der Waals surface area (Å²) in [5.74, 6) is -0.804. The molecular formula is C19H23NO5S. The number of carbonyl (C=O) groups is 1. The van der Waals surface area contributed by atoms with Gasteiger partial charge in [-0.05, 0) is 38.1 Å². The molecule has 6 nitrogen and oxygen atoms in total. The maximum Gasteiger partial charge on any atom is 0.316 e. The van der Waals surface area contributed by atoms with Gasteiger partial charge in [0.05, 0.1) is 10.3 Å². The van der Waals surface area contributed by atoms with Crippen molar-refractivity contribution in [1.29, 1.82) is 0 Å². The monoisotopic (exact) mass is 377 g/mol. The lowest BCUT2D eigenvalue weighted by Crippen LogP contribution is -2.47. The Balaban J connectivity index is 1.78. The number of benzene rings is 1. The third kappa shape index (κ3) is 4.06. The largest absolute Gasteiger partial charge is 0.460 e. The van der Waals surface area contributed by atoms with Gasteiger partial charge in [-0.1, -0.05) is 42.5 Å². The number of nitrogens with zero attached hydrogens (tertiary/aromatic N) is 1. The fourth-order valence-electron chi connectivity index (χ4n) is 3.16. The summed E-state index contributed by atoms with van der Waals surface area (Å²) in [6, 6.07) is 9.39. The Morgan fingerprint density at radius 1 is 1.31 bits per heavy atom. The van der Waals surface area contributed by atoms with Gasteiger partial charge in [-0.2, -0.15) is 8.42 Å². The number of esters is 1. The first-order chi connectivity index (χ1) is 12.3. The first-order valence-corrected chi connectivity index (χ1v) is 10.0. The number of likely N-dealkylation sites (tertiary alicyclic amines) is 1. The van der Waals surface area contributed by atoms with Crippen LogP contribution in [0, 0.1) is 11.3 Å². The SMILES string of the molecule is CC1(C(=O)OCc2ccccc2)C=CC(S(=O)(=O)O)=C[C@H]1CN1CCC1. The van der Waals surface area contributed by atoms with E-state index in [9.17, 15) is 17.8 Å². The van der Waals surface area contributed by atoms with E-state index in [2.05, 4.69) is 4.90 Å². The maximum absolute atomic E-state index is 12.8. The third-order valence-corrected chi connectivity index (χ3v) is 5.95. The molecule has 0 spiro atoms. The lowest BCUT2D eigenvalue weighted by atomic mass is 9.73. The molecule has 1 aromatic rings. The highest BCUT2D eigenvalue weighted by Gasteiger charge is 2.43. The van der Waals surface area contributed by atoms with Gasteiger partial charge in [-0.3, -0.25) is 9.35 Å². The number of ether oxygens (including phenoxy) is 1. The number of carbonyl (C=O) groups excluding carboxylic acids is 1. The molecule has 7 heteroatoms. The quantitative estimate of drug-likeness (QED) is 0.605. The molecular weight excluding hydrogens is 354 g/mol. The van der Waals surface area contributed by atoms with E-state index in [1.165, 1.54) is 18.2 Å². The third-order valence-electron chi connectivity index (χ3n) is 5.08. The van der Waals surface area contributed by atoms with Crippen molar-refractivity contribution in [1.82, 2.24) is 4.90 Å². The zero-order valence-electron chi connectivity index (χ0n) is 14.7. The van der Waals surface area contributed by atoms with Crippen LogP contribution in [0.2, 0.25) is 0 Å². The Hall–Kier alpha value is -1.96. The topological polar surface area (TPSA) is 83.9 Å². The summed E-state index contributed by atoms with van der Waals surface area (Å²) in [5.41, 5.74) is -0.101. The average molecular weight is 377 g/mol. The van der Waals surface area contributed by atoms with E-state index in [0.717, 1.165) is 25.1 Å². The Morgan fingerprint density at radius 3 is 2.58 bits per heavy atom. The van der Waals surface area contributed by atoms with Crippen molar-refractivity contribution in [2.45, 2.75) is 20.0 Å². The number of rotatable bonds is 6. The molecule has 2 aliphatic rings. The summed E-state index contributed by atoms with van der Waals surface area (Å²) in [6.07, 6.45) is 5.38. The van der Waals surface area contributed by atoms with Crippen LogP contribution in [0.5, 0.6) is 0 Å². The van der Waals surface area contributed by atoms with Crippen LogP contribution in [0.1, 0.15) is 18.9 Å². The molecule has 0 bridgehead atoms. The van der Waals surface area contributed by atoms with Gasteiger partial charge in [0.25, 0.3) is 10.1 Å². The molecule has 1 fully saturated rings. The Bertz CT molecular complexity index is 827. The van der Waals surface area contributed by atoms with Crippen LogP contribution in [0.3, 0.4) is 0 Å². The molecule has 1 unspecified atom stereocenters. The smallest absolute Gasteiger partial charge is 0.316 e. The van der Waals surface area contributed by atoms with E-state index in [1.54, 1.807) is 6.92 Å². The summed E-state index contributed by atoms with van der Waals surface area (Å²) >= 11 is 0. The van der Waals surface area contributed by atoms with E-state index in [-0.39, 0.29) is 11.5 Å². The van der Waals surface area contributed by atoms with Gasteiger partial charge in [-0.15, -0.1) is 0 Å². The molecule has 1 aromatic carbocycles. The van der Waals surface area contributed by atoms with Crippen molar-refractivity contribution in [3.05, 3.63) is 59.0 Å². The van der Waals surface area contributed by atoms with Crippen LogP contribution in [0.15, 0.2) is 53.5 Å². The first-order valence-electron chi connectivity index (χ1n) is 8.61. The molecule has 1 N–H and O–H groups in total. The maximum atomic E-state index is 12.8. The summed E-state index contributed by atoms with van der Waals surface area (Å²) in [6.45, 7) is 4.29. The second kappa shape index (κ2) is 7.34. The summed E-state index contributed by atoms with van der Waals surface area (Å²) < 4.78 is 37.9. The van der Waals surface area contributed by atoms with Crippen molar-refractivity contribution in [2.24, 2.45) is 11.3 Å². The Labute approximate surface area is 153 Å². The highest BCUT2D eigenvalue weighted by Crippen LogP contribution is 2.38. The zero-order valence-corrected chi connectivity index (χ0v) is 15.5. The summed E-state index contributed by atoms with van der Waals surface area (Å²) in [5, 5.41) is 0. The van der Waals surface area contributed by atoms with E-state index in [4.69, 9.17) is 4.74 Å². The summed E-state index contributed by atoms with van der Waals surface area (Å²) in [7, 11) is -4.31. The fraction of sp³-hybridized carbons (Fsp3) is 0.421. The van der Waals surface area contributed by atoms with Gasteiger partial charge < -0.3 is 9.64 Å². The zero-order chi connectivity index (χ0) is 18.8. The van der Waals surface area contributed by atoms with Crippen LogP contribution in [-0.2, 0) is 26.3 Å². The van der Waals surface area contributed by atoms with Crippen LogP contribution in [-0.4, -0.2) is 43.5 Å². The molecule has 26 heavy (non-hydrogen) atoms. The number of hydrogen-bond donors (Lipinski definition) is 1. The molecule has 2 atom stereocenters.